The van der Waals surface area contributed by atoms with Crippen LogP contribution < -0.4 is 0 Å². The molecule has 0 spiro atoms. The van der Waals surface area contributed by atoms with Gasteiger partial charge in [0.05, 0.1) is 0 Å². The Bertz CT molecular complexity index is 227. The molecule has 0 aromatic heterocycles. The summed E-state index contributed by atoms with van der Waals surface area (Å²) >= 11 is 0. The highest BCUT2D eigenvalue weighted by atomic mass is 16.1. The average molecular weight is 196 g/mol. The number of allylic oxidation sites excluding steroid dienone is 1. The van der Waals surface area contributed by atoms with Gasteiger partial charge in [-0.15, -0.1) is 0 Å². The van der Waals surface area contributed by atoms with Crippen LogP contribution in [0.3, 0.4) is 0 Å². The molecule has 1 aliphatic rings. The lowest BCUT2D eigenvalue weighted by molar-refractivity contribution is -0.112. The quantitative estimate of drug-likeness (QED) is 0.639. The fourth-order valence-electron chi connectivity index (χ4n) is 1.81. The van der Waals surface area contributed by atoms with Crippen molar-refractivity contribution in [2.45, 2.75) is 26.2 Å². The summed E-state index contributed by atoms with van der Waals surface area (Å²) in [5.41, 5.74) is 0. The largest absolute Gasteiger partial charge is 0.364 e. The molecule has 1 fully saturated rings. The van der Waals surface area contributed by atoms with E-state index in [0.29, 0.717) is 0 Å². The number of piperidine rings is 1. The first-order valence-electron chi connectivity index (χ1n) is 5.26. The highest BCUT2D eigenvalue weighted by molar-refractivity contribution is 5.87. The van der Waals surface area contributed by atoms with Gasteiger partial charge in [0.1, 0.15) is 5.82 Å². The first kappa shape index (κ1) is 11.1. The minimum Gasteiger partial charge on any atom is -0.364 e. The topological polar surface area (TPSA) is 23.6 Å². The van der Waals surface area contributed by atoms with E-state index in [1.54, 1.807) is 13.0 Å². The predicted octanol–water partition coefficient (Wildman–Crippen LogP) is 1.46. The van der Waals surface area contributed by atoms with Crippen molar-refractivity contribution in [3.05, 3.63) is 11.9 Å². The fourth-order valence-corrected chi connectivity index (χ4v) is 1.81. The van der Waals surface area contributed by atoms with Gasteiger partial charge in [-0.3, -0.25) is 4.79 Å². The average Bonchev–Trinajstić information content (AvgIpc) is 2.15. The second-order valence-corrected chi connectivity index (χ2v) is 4.06. The van der Waals surface area contributed by atoms with E-state index in [-0.39, 0.29) is 5.78 Å². The minimum atomic E-state index is 0.124. The van der Waals surface area contributed by atoms with Gasteiger partial charge < -0.3 is 9.80 Å². The second kappa shape index (κ2) is 5.03. The zero-order valence-electron chi connectivity index (χ0n) is 9.42. The maximum Gasteiger partial charge on any atom is 0.156 e. The maximum atomic E-state index is 11.1. The van der Waals surface area contributed by atoms with Crippen LogP contribution in [-0.2, 0) is 4.79 Å². The molecule has 3 heteroatoms. The zero-order valence-corrected chi connectivity index (χ0v) is 9.42. The summed E-state index contributed by atoms with van der Waals surface area (Å²) in [7, 11) is 3.98. The Morgan fingerprint density at radius 2 is 1.79 bits per heavy atom. The Hall–Kier alpha value is -0.990. The fraction of sp³-hybridized carbons (Fsp3) is 0.727. The smallest absolute Gasteiger partial charge is 0.156 e. The summed E-state index contributed by atoms with van der Waals surface area (Å²) in [6.07, 6.45) is 5.52. The number of ketones is 1. The lowest BCUT2D eigenvalue weighted by atomic mass is 10.1. The van der Waals surface area contributed by atoms with Crippen LogP contribution in [0.15, 0.2) is 11.9 Å². The lowest BCUT2D eigenvalue weighted by Gasteiger charge is -2.34. The molecule has 3 nitrogen and oxygen atoms in total. The Morgan fingerprint density at radius 3 is 2.21 bits per heavy atom. The number of hydrogen-bond donors (Lipinski definition) is 0. The molecule has 1 heterocycles. The monoisotopic (exact) mass is 196 g/mol. The van der Waals surface area contributed by atoms with Crippen molar-refractivity contribution in [3.63, 3.8) is 0 Å². The van der Waals surface area contributed by atoms with Crippen LogP contribution in [0.1, 0.15) is 26.2 Å². The van der Waals surface area contributed by atoms with Gasteiger partial charge in [0.2, 0.25) is 0 Å². The third kappa shape index (κ3) is 3.05. The third-order valence-electron chi connectivity index (χ3n) is 2.47. The molecular weight excluding hydrogens is 176 g/mol. The van der Waals surface area contributed by atoms with Crippen LogP contribution in [0.4, 0.5) is 0 Å². The summed E-state index contributed by atoms with van der Waals surface area (Å²) in [5, 5.41) is 0. The normalized spacial score (nSPS) is 18.2. The Labute approximate surface area is 86.4 Å². The Kier molecular flexibility index (Phi) is 3.98. The minimum absolute atomic E-state index is 0.124. The molecule has 0 aromatic carbocycles. The van der Waals surface area contributed by atoms with E-state index >= 15 is 0 Å². The van der Waals surface area contributed by atoms with E-state index in [1.165, 1.54) is 19.3 Å². The number of likely N-dealkylation sites (tertiary alicyclic amines) is 1. The lowest BCUT2D eigenvalue weighted by Crippen LogP contribution is -2.35. The van der Waals surface area contributed by atoms with Crippen LogP contribution in [0.5, 0.6) is 0 Å². The Balaban J connectivity index is 2.70. The van der Waals surface area contributed by atoms with Crippen LogP contribution >= 0.6 is 0 Å². The molecule has 0 saturated carbocycles. The molecule has 80 valence electrons. The van der Waals surface area contributed by atoms with Crippen LogP contribution in [0, 0.1) is 0 Å². The standard InChI is InChI=1S/C11H20N2O/c1-10(14)9-11(12(2)3)13-7-5-4-6-8-13/h9H,4-8H2,1-3H3/b11-9-. The number of carbonyl (C=O) groups excluding carboxylic acids is 1. The van der Waals surface area contributed by atoms with Crippen molar-refractivity contribution in [3.8, 4) is 0 Å². The third-order valence-corrected chi connectivity index (χ3v) is 2.47. The number of carbonyl (C=O) groups is 1. The molecule has 0 unspecified atom stereocenters. The molecule has 0 radical (unpaired) electrons. The Morgan fingerprint density at radius 1 is 1.21 bits per heavy atom. The van der Waals surface area contributed by atoms with Crippen molar-refractivity contribution in [2.24, 2.45) is 0 Å². The van der Waals surface area contributed by atoms with E-state index in [2.05, 4.69) is 4.90 Å². The molecule has 1 rings (SSSR count). The molecular formula is C11H20N2O. The SMILES string of the molecule is CC(=O)/C=C(/N(C)C)N1CCCCC1. The van der Waals surface area contributed by atoms with Gasteiger partial charge in [0.25, 0.3) is 0 Å². The summed E-state index contributed by atoms with van der Waals surface area (Å²) in [5.74, 6) is 1.18. The van der Waals surface area contributed by atoms with Gasteiger partial charge in [-0.1, -0.05) is 0 Å². The number of nitrogens with zero attached hydrogens (tertiary/aromatic N) is 2. The first-order chi connectivity index (χ1) is 6.61. The molecule has 0 aliphatic carbocycles. The van der Waals surface area contributed by atoms with E-state index in [4.69, 9.17) is 0 Å². The van der Waals surface area contributed by atoms with E-state index in [1.807, 2.05) is 19.0 Å². The molecule has 0 N–H and O–H groups in total. The van der Waals surface area contributed by atoms with E-state index in [9.17, 15) is 4.79 Å². The number of hydrogen-bond acceptors (Lipinski definition) is 3. The van der Waals surface area contributed by atoms with Gasteiger partial charge in [-0.2, -0.15) is 0 Å². The maximum absolute atomic E-state index is 11.1. The van der Waals surface area contributed by atoms with E-state index in [0.717, 1.165) is 18.9 Å². The molecule has 0 bridgehead atoms. The van der Waals surface area contributed by atoms with Gasteiger partial charge in [-0.25, -0.2) is 0 Å². The van der Waals surface area contributed by atoms with Crippen molar-refractivity contribution in [1.82, 2.24) is 9.80 Å². The molecule has 1 aliphatic heterocycles. The molecule has 0 atom stereocenters. The van der Waals surface area contributed by atoms with Crippen molar-refractivity contribution >= 4 is 5.78 Å². The molecule has 14 heavy (non-hydrogen) atoms. The van der Waals surface area contributed by atoms with Crippen molar-refractivity contribution in [2.75, 3.05) is 27.2 Å². The summed E-state index contributed by atoms with van der Waals surface area (Å²) < 4.78 is 0. The second-order valence-electron chi connectivity index (χ2n) is 4.06. The highest BCUT2D eigenvalue weighted by Gasteiger charge is 2.14. The predicted molar refractivity (Wildman–Crippen MR) is 57.9 cm³/mol. The van der Waals surface area contributed by atoms with Gasteiger partial charge in [-0.05, 0) is 26.2 Å². The number of rotatable bonds is 3. The van der Waals surface area contributed by atoms with Gasteiger partial charge >= 0.3 is 0 Å². The first-order valence-corrected chi connectivity index (χ1v) is 5.26. The molecule has 0 aromatic rings. The summed E-state index contributed by atoms with van der Waals surface area (Å²) in [6, 6.07) is 0. The molecule has 0 amide bonds. The highest BCUT2D eigenvalue weighted by Crippen LogP contribution is 2.15. The van der Waals surface area contributed by atoms with Crippen LogP contribution in [-0.4, -0.2) is 42.8 Å². The van der Waals surface area contributed by atoms with Crippen LogP contribution in [0.2, 0.25) is 0 Å². The summed E-state index contributed by atoms with van der Waals surface area (Å²) in [6.45, 7) is 3.77. The van der Waals surface area contributed by atoms with E-state index < -0.39 is 0 Å². The van der Waals surface area contributed by atoms with Crippen LogP contribution in [0.25, 0.3) is 0 Å². The molecule has 1 saturated heterocycles. The van der Waals surface area contributed by atoms with Gasteiger partial charge in [0, 0.05) is 33.3 Å². The van der Waals surface area contributed by atoms with Crippen molar-refractivity contribution < 1.29 is 4.79 Å². The summed E-state index contributed by atoms with van der Waals surface area (Å²) in [4.78, 5) is 15.4. The van der Waals surface area contributed by atoms with Gasteiger partial charge in [0.15, 0.2) is 5.78 Å². The van der Waals surface area contributed by atoms with Crippen molar-refractivity contribution in [1.29, 1.82) is 0 Å². The zero-order chi connectivity index (χ0) is 10.6.